The van der Waals surface area contributed by atoms with Crippen LogP contribution in [0, 0.1) is 6.92 Å². The average Bonchev–Trinajstić information content (AvgIpc) is 2.69. The van der Waals surface area contributed by atoms with Crippen molar-refractivity contribution in [1.82, 2.24) is 10.3 Å². The highest BCUT2D eigenvalue weighted by Gasteiger charge is 2.22. The largest absolute Gasteiger partial charge is 0.394 e. The van der Waals surface area contributed by atoms with E-state index in [9.17, 15) is 5.11 Å². The molecule has 0 saturated heterocycles. The summed E-state index contributed by atoms with van der Waals surface area (Å²) in [4.78, 5) is 7.80. The Morgan fingerprint density at radius 2 is 2.11 bits per heavy atom. The third-order valence-corrected chi connectivity index (χ3v) is 4.42. The quantitative estimate of drug-likeness (QED) is 0.798. The molecule has 0 amide bonds. The van der Waals surface area contributed by atoms with Gasteiger partial charge < -0.3 is 15.3 Å². The molecule has 0 aliphatic carbocycles. The number of aliphatic hydroxyl groups excluding tert-OH is 1. The molecule has 4 nitrogen and oxygen atoms in total. The monoisotopic (exact) mass is 271 g/mol. The molecule has 0 radical (unpaired) electrons. The fraction of sp³-hybridized carbons (Fsp3) is 0.769. The highest BCUT2D eigenvalue weighted by Crippen LogP contribution is 2.25. The standard InChI is InChI=1S/C13H25N3OS/c1-6-7-13(3,9-17)14-8-11-10(2)15-12(18-11)16(4)5/h14,17H,6-9H2,1-5H3. The molecule has 0 aromatic carbocycles. The molecule has 0 spiro atoms. The summed E-state index contributed by atoms with van der Waals surface area (Å²) in [6.45, 7) is 7.18. The SMILES string of the molecule is CCCC(C)(CO)NCc1sc(N(C)C)nc1C. The van der Waals surface area contributed by atoms with Gasteiger partial charge in [0.05, 0.1) is 12.3 Å². The van der Waals surface area contributed by atoms with E-state index < -0.39 is 0 Å². The predicted molar refractivity (Wildman–Crippen MR) is 78.4 cm³/mol. The van der Waals surface area contributed by atoms with E-state index in [2.05, 4.69) is 24.1 Å². The van der Waals surface area contributed by atoms with Gasteiger partial charge in [0.25, 0.3) is 0 Å². The molecule has 1 heterocycles. The van der Waals surface area contributed by atoms with Gasteiger partial charge in [-0.1, -0.05) is 13.3 Å². The number of nitrogens with one attached hydrogen (secondary N) is 1. The molecule has 1 aromatic rings. The zero-order valence-electron chi connectivity index (χ0n) is 12.1. The van der Waals surface area contributed by atoms with Crippen molar-refractivity contribution in [2.45, 2.75) is 45.7 Å². The Morgan fingerprint density at radius 3 is 2.56 bits per heavy atom. The Kier molecular flexibility index (Phi) is 5.56. The minimum atomic E-state index is -0.191. The number of hydrogen-bond donors (Lipinski definition) is 2. The van der Waals surface area contributed by atoms with Crippen LogP contribution in [-0.4, -0.2) is 36.3 Å². The molecule has 1 rings (SSSR count). The second kappa shape index (κ2) is 6.50. The summed E-state index contributed by atoms with van der Waals surface area (Å²) in [6.07, 6.45) is 2.04. The minimum Gasteiger partial charge on any atom is -0.394 e. The number of aliphatic hydroxyl groups is 1. The van der Waals surface area contributed by atoms with Crippen LogP contribution in [0.4, 0.5) is 5.13 Å². The average molecular weight is 271 g/mol. The van der Waals surface area contributed by atoms with Gasteiger partial charge in [-0.2, -0.15) is 0 Å². The van der Waals surface area contributed by atoms with E-state index >= 15 is 0 Å². The topological polar surface area (TPSA) is 48.4 Å². The van der Waals surface area contributed by atoms with Crippen molar-refractivity contribution >= 4 is 16.5 Å². The van der Waals surface area contributed by atoms with Crippen LogP contribution >= 0.6 is 11.3 Å². The van der Waals surface area contributed by atoms with Gasteiger partial charge in [0.15, 0.2) is 5.13 Å². The van der Waals surface area contributed by atoms with Crippen molar-refractivity contribution < 1.29 is 5.11 Å². The van der Waals surface area contributed by atoms with Gasteiger partial charge in [-0.3, -0.25) is 0 Å². The van der Waals surface area contributed by atoms with E-state index in [0.29, 0.717) is 0 Å². The molecular weight excluding hydrogens is 246 g/mol. The third-order valence-electron chi connectivity index (χ3n) is 3.09. The van der Waals surface area contributed by atoms with Gasteiger partial charge in [0.1, 0.15) is 0 Å². The summed E-state index contributed by atoms with van der Waals surface area (Å²) in [6, 6.07) is 0. The fourth-order valence-corrected chi connectivity index (χ4v) is 2.76. The first-order valence-corrected chi connectivity index (χ1v) is 7.23. The van der Waals surface area contributed by atoms with Crippen LogP contribution < -0.4 is 10.2 Å². The predicted octanol–water partition coefficient (Wildman–Crippen LogP) is 2.16. The van der Waals surface area contributed by atoms with E-state index in [-0.39, 0.29) is 12.1 Å². The number of aromatic nitrogens is 1. The maximum absolute atomic E-state index is 9.47. The smallest absolute Gasteiger partial charge is 0.185 e. The van der Waals surface area contributed by atoms with Crippen LogP contribution in [0.25, 0.3) is 0 Å². The summed E-state index contributed by atoms with van der Waals surface area (Å²) in [5.74, 6) is 0. The number of rotatable bonds is 7. The van der Waals surface area contributed by atoms with Crippen LogP contribution in [0.1, 0.15) is 37.3 Å². The summed E-state index contributed by atoms with van der Waals surface area (Å²) in [7, 11) is 4.01. The van der Waals surface area contributed by atoms with Crippen molar-refractivity contribution in [3.8, 4) is 0 Å². The van der Waals surface area contributed by atoms with Gasteiger partial charge in [0, 0.05) is 31.1 Å². The molecule has 1 unspecified atom stereocenters. The first-order chi connectivity index (χ1) is 8.41. The number of hydrogen-bond acceptors (Lipinski definition) is 5. The first-order valence-electron chi connectivity index (χ1n) is 6.41. The lowest BCUT2D eigenvalue weighted by Crippen LogP contribution is -2.45. The van der Waals surface area contributed by atoms with Crippen LogP contribution in [0.3, 0.4) is 0 Å². The van der Waals surface area contributed by atoms with Gasteiger partial charge in [-0.15, -0.1) is 11.3 Å². The van der Waals surface area contributed by atoms with Crippen molar-refractivity contribution in [1.29, 1.82) is 0 Å². The molecule has 18 heavy (non-hydrogen) atoms. The van der Waals surface area contributed by atoms with Gasteiger partial charge >= 0.3 is 0 Å². The van der Waals surface area contributed by atoms with Crippen LogP contribution in [0.5, 0.6) is 0 Å². The second-order valence-corrected chi connectivity index (χ2v) is 6.28. The maximum atomic E-state index is 9.47. The number of aryl methyl sites for hydroxylation is 1. The zero-order valence-corrected chi connectivity index (χ0v) is 12.9. The van der Waals surface area contributed by atoms with E-state index in [1.54, 1.807) is 11.3 Å². The van der Waals surface area contributed by atoms with Crippen molar-refractivity contribution in [3.05, 3.63) is 10.6 Å². The number of nitrogens with zero attached hydrogens (tertiary/aromatic N) is 2. The summed E-state index contributed by atoms with van der Waals surface area (Å²) < 4.78 is 0. The number of thiazole rings is 1. The van der Waals surface area contributed by atoms with E-state index in [1.807, 2.05) is 25.9 Å². The summed E-state index contributed by atoms with van der Waals surface area (Å²) >= 11 is 1.71. The summed E-state index contributed by atoms with van der Waals surface area (Å²) in [5.41, 5.74) is 0.886. The van der Waals surface area contributed by atoms with E-state index in [1.165, 1.54) is 4.88 Å². The third kappa shape index (κ3) is 3.93. The van der Waals surface area contributed by atoms with Gasteiger partial charge in [-0.25, -0.2) is 4.98 Å². The van der Waals surface area contributed by atoms with Crippen molar-refractivity contribution in [2.24, 2.45) is 0 Å². The first kappa shape index (κ1) is 15.4. The Hall–Kier alpha value is -0.650. The molecule has 2 N–H and O–H groups in total. The van der Waals surface area contributed by atoms with Gasteiger partial charge in [0.2, 0.25) is 0 Å². The lowest BCUT2D eigenvalue weighted by atomic mass is 9.97. The lowest BCUT2D eigenvalue weighted by molar-refractivity contribution is 0.163. The maximum Gasteiger partial charge on any atom is 0.185 e. The molecule has 0 saturated carbocycles. The molecule has 5 heteroatoms. The molecular formula is C13H25N3OS. The van der Waals surface area contributed by atoms with Crippen molar-refractivity contribution in [2.75, 3.05) is 25.6 Å². The van der Waals surface area contributed by atoms with Crippen LogP contribution in [0.2, 0.25) is 0 Å². The van der Waals surface area contributed by atoms with Crippen molar-refractivity contribution in [3.63, 3.8) is 0 Å². The van der Waals surface area contributed by atoms with E-state index in [4.69, 9.17) is 0 Å². The zero-order chi connectivity index (χ0) is 13.8. The molecule has 1 atom stereocenters. The Balaban J connectivity index is 2.67. The Morgan fingerprint density at radius 1 is 1.44 bits per heavy atom. The number of anilines is 1. The highest BCUT2D eigenvalue weighted by molar-refractivity contribution is 7.15. The molecule has 0 aliphatic heterocycles. The Labute approximate surface area is 114 Å². The van der Waals surface area contributed by atoms with Gasteiger partial charge in [-0.05, 0) is 20.3 Å². The highest BCUT2D eigenvalue weighted by atomic mass is 32.1. The molecule has 0 fully saturated rings. The van der Waals surface area contributed by atoms with Crippen LogP contribution in [0.15, 0.2) is 0 Å². The van der Waals surface area contributed by atoms with Crippen LogP contribution in [-0.2, 0) is 6.54 Å². The van der Waals surface area contributed by atoms with E-state index in [0.717, 1.165) is 30.2 Å². The normalized spacial score (nSPS) is 14.6. The molecule has 0 bridgehead atoms. The summed E-state index contributed by atoms with van der Waals surface area (Å²) in [5, 5.41) is 14.0. The molecule has 104 valence electrons. The molecule has 1 aromatic heterocycles. The Bertz CT molecular complexity index is 378. The molecule has 0 aliphatic rings. The lowest BCUT2D eigenvalue weighted by Gasteiger charge is -2.28. The minimum absolute atomic E-state index is 0.166. The fourth-order valence-electron chi connectivity index (χ4n) is 1.84. The second-order valence-electron chi connectivity index (χ2n) is 5.22.